The molecule has 2 atom stereocenters. The molecular formula is C31H51N5O4. The number of rotatable bonds is 10. The molecular weight excluding hydrogens is 506 g/mol. The molecule has 0 aliphatic rings. The number of benzene rings is 1. The number of nitrogens with one attached hydrogen (secondary N) is 3. The summed E-state index contributed by atoms with van der Waals surface area (Å²) in [6, 6.07) is 4.72. The number of nitrogens with zero attached hydrogens (tertiary/aromatic N) is 2. The number of hydrogen-bond donors (Lipinski definition) is 4. The first kappa shape index (κ1) is 34.7. The minimum Gasteiger partial charge on any atom is -0.478 e. The van der Waals surface area contributed by atoms with Crippen LogP contribution in [0.25, 0.3) is 10.9 Å². The molecule has 4 N–H and O–H groups in total. The summed E-state index contributed by atoms with van der Waals surface area (Å²) in [4.78, 5) is 39.7. The van der Waals surface area contributed by atoms with Gasteiger partial charge in [-0.15, -0.1) is 0 Å². The standard InChI is InChI=1S/C28H43N5O4.C3H8/c1-17(26(36)37)13-14-32(9)25(35)23(27(2,3)4)31-24(34)22(30-8)28(5,6)20-16-33(10)21-15-18(29-7)11-12-19(20)21;1-3-2/h11-13,15-16,22-23,29-30H,14H2,1-10H3,(H,31,34)(H,36,37);3H2,1-2H3/b17-13+;. The highest BCUT2D eigenvalue weighted by molar-refractivity contribution is 5.93. The Morgan fingerprint density at radius 2 is 1.65 bits per heavy atom. The first-order valence-electron chi connectivity index (χ1n) is 13.9. The monoisotopic (exact) mass is 557 g/mol. The van der Waals surface area contributed by atoms with Gasteiger partial charge in [-0.3, -0.25) is 9.59 Å². The van der Waals surface area contributed by atoms with Gasteiger partial charge in [-0.1, -0.05) is 67.0 Å². The highest BCUT2D eigenvalue weighted by atomic mass is 16.4. The maximum Gasteiger partial charge on any atom is 0.331 e. The second-order valence-corrected chi connectivity index (χ2v) is 12.0. The predicted octanol–water partition coefficient (Wildman–Crippen LogP) is 4.52. The first-order valence-corrected chi connectivity index (χ1v) is 13.9. The molecule has 224 valence electrons. The fraction of sp³-hybridized carbons (Fsp3) is 0.581. The molecule has 0 saturated heterocycles. The van der Waals surface area contributed by atoms with Crippen LogP contribution in [0.4, 0.5) is 5.69 Å². The van der Waals surface area contributed by atoms with Gasteiger partial charge in [0.25, 0.3) is 0 Å². The maximum absolute atomic E-state index is 13.7. The highest BCUT2D eigenvalue weighted by Crippen LogP contribution is 2.36. The zero-order valence-corrected chi connectivity index (χ0v) is 26.5. The summed E-state index contributed by atoms with van der Waals surface area (Å²) in [5.41, 5.74) is 2.05. The zero-order chi connectivity index (χ0) is 31.0. The van der Waals surface area contributed by atoms with Crippen LogP contribution in [-0.2, 0) is 26.8 Å². The number of carbonyl (C=O) groups excluding carboxylic acids is 2. The molecule has 2 aromatic rings. The van der Waals surface area contributed by atoms with Crippen LogP contribution in [0.5, 0.6) is 0 Å². The Bertz CT molecular complexity index is 1210. The minimum absolute atomic E-state index is 0.130. The van der Waals surface area contributed by atoms with Crippen molar-refractivity contribution in [2.75, 3.05) is 33.0 Å². The average Bonchev–Trinajstić information content (AvgIpc) is 3.21. The number of aromatic nitrogens is 1. The SMILES string of the molecule is CCC.CNc1ccc2c(C(C)(C)C(NC)C(=O)NC(C(=O)N(C)C/C=C(\C)C(=O)O)C(C)(C)C)cn(C)c2c1. The van der Waals surface area contributed by atoms with E-state index < -0.39 is 28.9 Å². The molecule has 9 heteroatoms. The molecule has 0 radical (unpaired) electrons. The molecule has 0 saturated carbocycles. The van der Waals surface area contributed by atoms with Crippen LogP contribution in [-0.4, -0.2) is 72.1 Å². The van der Waals surface area contributed by atoms with Crippen molar-refractivity contribution in [2.24, 2.45) is 12.5 Å². The number of anilines is 1. The Labute approximate surface area is 240 Å². The van der Waals surface area contributed by atoms with Gasteiger partial charge in [0.05, 0.1) is 11.6 Å². The summed E-state index contributed by atoms with van der Waals surface area (Å²) >= 11 is 0. The molecule has 0 spiro atoms. The molecule has 0 aliphatic carbocycles. The van der Waals surface area contributed by atoms with Crippen molar-refractivity contribution in [3.8, 4) is 0 Å². The number of carboxylic acid groups (broad SMARTS) is 1. The van der Waals surface area contributed by atoms with Crippen molar-refractivity contribution in [3.63, 3.8) is 0 Å². The molecule has 1 aromatic carbocycles. The lowest BCUT2D eigenvalue weighted by Crippen LogP contribution is -2.60. The largest absolute Gasteiger partial charge is 0.478 e. The van der Waals surface area contributed by atoms with Crippen LogP contribution >= 0.6 is 0 Å². The van der Waals surface area contributed by atoms with E-state index in [0.29, 0.717) is 0 Å². The lowest BCUT2D eigenvalue weighted by Gasteiger charge is -2.38. The van der Waals surface area contributed by atoms with Crippen molar-refractivity contribution in [3.05, 3.63) is 41.6 Å². The van der Waals surface area contributed by atoms with Crippen LogP contribution in [0.1, 0.15) is 67.4 Å². The van der Waals surface area contributed by atoms with E-state index in [0.717, 1.165) is 22.2 Å². The molecule has 0 aliphatic heterocycles. The molecule has 9 nitrogen and oxygen atoms in total. The van der Waals surface area contributed by atoms with Crippen LogP contribution in [0.2, 0.25) is 0 Å². The predicted molar refractivity (Wildman–Crippen MR) is 165 cm³/mol. The number of aliphatic carboxylic acids is 1. The number of likely N-dealkylation sites (N-methyl/N-ethyl adjacent to an activating group) is 2. The van der Waals surface area contributed by atoms with Crippen molar-refractivity contribution >= 4 is 34.4 Å². The van der Waals surface area contributed by atoms with Gasteiger partial charge in [-0.25, -0.2) is 4.79 Å². The van der Waals surface area contributed by atoms with Crippen molar-refractivity contribution in [1.82, 2.24) is 20.1 Å². The highest BCUT2D eigenvalue weighted by Gasteiger charge is 2.41. The van der Waals surface area contributed by atoms with E-state index in [4.69, 9.17) is 5.11 Å². The summed E-state index contributed by atoms with van der Waals surface area (Å²) in [6.07, 6.45) is 4.79. The number of hydrogen-bond acceptors (Lipinski definition) is 5. The Morgan fingerprint density at radius 1 is 1.07 bits per heavy atom. The van der Waals surface area contributed by atoms with E-state index in [1.54, 1.807) is 14.1 Å². The number of amides is 2. The maximum atomic E-state index is 13.7. The van der Waals surface area contributed by atoms with Crippen LogP contribution in [0, 0.1) is 5.41 Å². The van der Waals surface area contributed by atoms with Gasteiger partial charge in [0.1, 0.15) is 6.04 Å². The third-order valence-corrected chi connectivity index (χ3v) is 7.03. The summed E-state index contributed by atoms with van der Waals surface area (Å²) in [5.74, 6) is -1.60. The van der Waals surface area contributed by atoms with Gasteiger partial charge in [0.2, 0.25) is 11.8 Å². The normalized spacial score (nSPS) is 13.7. The van der Waals surface area contributed by atoms with Crippen molar-refractivity contribution < 1.29 is 19.5 Å². The van der Waals surface area contributed by atoms with Crippen molar-refractivity contribution in [2.45, 2.75) is 79.3 Å². The Balaban J connectivity index is 0.00000254. The molecule has 1 aromatic heterocycles. The van der Waals surface area contributed by atoms with Gasteiger partial charge in [0, 0.05) is 55.9 Å². The second-order valence-electron chi connectivity index (χ2n) is 12.0. The molecule has 0 bridgehead atoms. The quantitative estimate of drug-likeness (QED) is 0.319. The van der Waals surface area contributed by atoms with E-state index in [1.165, 1.54) is 24.3 Å². The van der Waals surface area contributed by atoms with E-state index in [1.807, 2.05) is 54.8 Å². The van der Waals surface area contributed by atoms with Gasteiger partial charge in [-0.2, -0.15) is 0 Å². The van der Waals surface area contributed by atoms with Gasteiger partial charge in [0.15, 0.2) is 0 Å². The minimum atomic E-state index is -1.03. The number of carbonyl (C=O) groups is 3. The number of fused-ring (bicyclic) bond motifs is 1. The summed E-state index contributed by atoms with van der Waals surface area (Å²) in [6.45, 7) is 15.6. The zero-order valence-electron chi connectivity index (χ0n) is 26.5. The first-order chi connectivity index (χ1) is 18.5. The van der Waals surface area contributed by atoms with Crippen LogP contribution in [0.15, 0.2) is 36.0 Å². The average molecular weight is 558 g/mol. The third kappa shape index (κ3) is 8.34. The topological polar surface area (TPSA) is 116 Å². The molecule has 1 heterocycles. The molecule has 2 rings (SSSR count). The van der Waals surface area contributed by atoms with E-state index >= 15 is 0 Å². The summed E-state index contributed by atoms with van der Waals surface area (Å²) < 4.78 is 2.06. The van der Waals surface area contributed by atoms with E-state index in [-0.39, 0.29) is 23.9 Å². The lowest BCUT2D eigenvalue weighted by atomic mass is 9.76. The molecule has 40 heavy (non-hydrogen) atoms. The Kier molecular flexibility index (Phi) is 12.4. The number of carboxylic acids is 1. The smallest absolute Gasteiger partial charge is 0.331 e. The summed E-state index contributed by atoms with van der Waals surface area (Å²) in [7, 11) is 7.22. The lowest BCUT2D eigenvalue weighted by molar-refractivity contribution is -0.139. The van der Waals surface area contributed by atoms with Crippen LogP contribution < -0.4 is 16.0 Å². The molecule has 2 amide bonds. The fourth-order valence-electron chi connectivity index (χ4n) is 4.57. The van der Waals surface area contributed by atoms with Gasteiger partial charge >= 0.3 is 5.97 Å². The Hall–Kier alpha value is -3.33. The fourth-order valence-corrected chi connectivity index (χ4v) is 4.57. The van der Waals surface area contributed by atoms with E-state index in [2.05, 4.69) is 52.7 Å². The third-order valence-electron chi connectivity index (χ3n) is 7.03. The molecule has 2 unspecified atom stereocenters. The second kappa shape index (κ2) is 14.3. The van der Waals surface area contributed by atoms with E-state index in [9.17, 15) is 14.4 Å². The van der Waals surface area contributed by atoms with Gasteiger partial charge < -0.3 is 30.5 Å². The molecule has 0 fully saturated rings. The Morgan fingerprint density at radius 3 is 2.12 bits per heavy atom. The van der Waals surface area contributed by atoms with Gasteiger partial charge in [-0.05, 0) is 37.1 Å². The summed E-state index contributed by atoms with van der Waals surface area (Å²) in [5, 5.41) is 19.5. The van der Waals surface area contributed by atoms with Crippen LogP contribution in [0.3, 0.4) is 0 Å². The van der Waals surface area contributed by atoms with Crippen molar-refractivity contribution in [1.29, 1.82) is 0 Å². The number of aryl methyl sites for hydroxylation is 1.